The fraction of sp³-hybridized carbons (Fsp3) is 0.932. The molecule has 2 atom stereocenters. The van der Waals surface area contributed by atoms with E-state index in [0.29, 0.717) is 77.0 Å². The predicted molar refractivity (Wildman–Crippen MR) is 359 cm³/mol. The van der Waals surface area contributed by atoms with Crippen molar-refractivity contribution < 1.29 is 38.6 Å². The molecule has 0 aromatic carbocycles. The Morgan fingerprint density at radius 3 is 1.09 bits per heavy atom. The van der Waals surface area contributed by atoms with Crippen LogP contribution in [-0.4, -0.2) is 91.3 Å². The molecule has 0 spiro atoms. The minimum Gasteiger partial charge on any atom is -0.481 e. The quantitative estimate of drug-likeness (QED) is 0.0343. The van der Waals surface area contributed by atoms with Gasteiger partial charge >= 0.3 is 18.0 Å². The van der Waals surface area contributed by atoms with E-state index in [2.05, 4.69) is 43.6 Å². The molecule has 3 amide bonds. The van der Waals surface area contributed by atoms with Crippen LogP contribution in [0.4, 0.5) is 4.79 Å². The van der Waals surface area contributed by atoms with Crippen LogP contribution < -0.4 is 16.0 Å². The van der Waals surface area contributed by atoms with E-state index in [0.717, 1.165) is 51.4 Å². The van der Waals surface area contributed by atoms with Crippen LogP contribution >= 0.6 is 0 Å². The summed E-state index contributed by atoms with van der Waals surface area (Å²) >= 11 is 0. The van der Waals surface area contributed by atoms with E-state index in [9.17, 15) is 24.0 Å². The number of alkyl carbamates (subject to hydrolysis) is 1. The van der Waals surface area contributed by atoms with Crippen LogP contribution in [0.1, 0.15) is 375 Å². The Balaban J connectivity index is 5.11. The summed E-state index contributed by atoms with van der Waals surface area (Å²) in [7, 11) is 0. The molecule has 12 heteroatoms. The normalized spacial score (nSPS) is 12.4. The van der Waals surface area contributed by atoms with Crippen molar-refractivity contribution in [2.75, 3.05) is 45.9 Å². The molecule has 0 bridgehead atoms. The summed E-state index contributed by atoms with van der Waals surface area (Å²) in [6, 6.07) is 0. The smallest absolute Gasteiger partial charge is 0.407 e. The van der Waals surface area contributed by atoms with E-state index in [4.69, 9.17) is 14.6 Å². The lowest BCUT2D eigenvalue weighted by Crippen LogP contribution is -2.41. The summed E-state index contributed by atoms with van der Waals surface area (Å²) in [5.41, 5.74) is -0.603. The predicted octanol–water partition coefficient (Wildman–Crippen LogP) is 20.3. The lowest BCUT2D eigenvalue weighted by atomic mass is 9.87. The second-order valence-corrected chi connectivity index (χ2v) is 26.6. The Labute approximate surface area is 525 Å². The van der Waals surface area contributed by atoms with Crippen LogP contribution in [0.2, 0.25) is 0 Å². The largest absolute Gasteiger partial charge is 0.481 e. The van der Waals surface area contributed by atoms with Gasteiger partial charge in [-0.25, -0.2) is 4.79 Å². The fourth-order valence-corrected chi connectivity index (χ4v) is 11.8. The van der Waals surface area contributed by atoms with E-state index >= 15 is 0 Å². The van der Waals surface area contributed by atoms with Crippen molar-refractivity contribution in [3.63, 3.8) is 0 Å². The Morgan fingerprint density at radius 1 is 0.376 bits per heavy atom. The van der Waals surface area contributed by atoms with Crippen LogP contribution in [0.3, 0.4) is 0 Å². The first-order valence-electron chi connectivity index (χ1n) is 37.0. The number of unbranched alkanes of at least 4 members (excludes halogenated alkanes) is 36. The minimum absolute atomic E-state index is 0.0665. The lowest BCUT2D eigenvalue weighted by molar-refractivity contribution is -0.145. The third-order valence-electron chi connectivity index (χ3n) is 17.6. The van der Waals surface area contributed by atoms with E-state index in [-0.39, 0.29) is 37.0 Å². The van der Waals surface area contributed by atoms with Gasteiger partial charge < -0.3 is 35.4 Å². The van der Waals surface area contributed by atoms with Gasteiger partial charge in [0.2, 0.25) is 11.8 Å². The standard InChI is InChI=1S/C73H142N4O8/c1-7-11-15-19-23-27-29-33-36-42-50-66(49-41-35-31-25-21-17-13-9-3)55-58-73(5,6)85-72(83)76-61-64-77(62-56-68(78)74-59-47-39-45-53-70(80)81)63-57-69(79)75-60-48-40-46-54-71(82)84-65-67(51-43-37-32-26-22-18-14-10-4)52-44-38-34-30-28-24-20-16-12-8-2/h66-67H,7-65H2,1-6H3,(H,74,78)(H,75,79)(H,76,83)(H,80,81). The highest BCUT2D eigenvalue weighted by atomic mass is 16.6. The van der Waals surface area contributed by atoms with Gasteiger partial charge in [0.1, 0.15) is 5.60 Å². The number of carbonyl (C=O) groups is 5. The molecule has 12 nitrogen and oxygen atoms in total. The summed E-state index contributed by atoms with van der Waals surface area (Å²) in [4.78, 5) is 65.1. The maximum Gasteiger partial charge on any atom is 0.407 e. The highest BCUT2D eigenvalue weighted by Gasteiger charge is 2.25. The van der Waals surface area contributed by atoms with Crippen molar-refractivity contribution in [1.82, 2.24) is 20.9 Å². The van der Waals surface area contributed by atoms with Gasteiger partial charge in [-0.2, -0.15) is 0 Å². The van der Waals surface area contributed by atoms with Gasteiger partial charge in [-0.05, 0) is 77.0 Å². The molecule has 0 heterocycles. The molecule has 0 aromatic rings. The van der Waals surface area contributed by atoms with Gasteiger partial charge in [-0.1, -0.05) is 285 Å². The number of ether oxygens (including phenoxy) is 2. The van der Waals surface area contributed by atoms with Crippen LogP contribution in [-0.2, 0) is 28.7 Å². The second-order valence-electron chi connectivity index (χ2n) is 26.6. The number of nitrogens with zero attached hydrogens (tertiary/aromatic N) is 1. The van der Waals surface area contributed by atoms with Gasteiger partial charge in [-0.15, -0.1) is 0 Å². The molecule has 0 saturated carbocycles. The summed E-state index contributed by atoms with van der Waals surface area (Å²) in [5.74, 6) is 0.0259. The van der Waals surface area contributed by atoms with E-state index in [1.54, 1.807) is 0 Å². The molecule has 85 heavy (non-hydrogen) atoms. The molecule has 0 fully saturated rings. The molecule has 4 N–H and O–H groups in total. The number of carbonyl (C=O) groups excluding carboxylic acids is 4. The van der Waals surface area contributed by atoms with Crippen LogP contribution in [0.5, 0.6) is 0 Å². The van der Waals surface area contributed by atoms with Crippen molar-refractivity contribution in [3.05, 3.63) is 0 Å². The number of amides is 3. The first kappa shape index (κ1) is 82.1. The zero-order valence-corrected chi connectivity index (χ0v) is 57.1. The Hall–Kier alpha value is -2.89. The van der Waals surface area contributed by atoms with Gasteiger partial charge in [0.25, 0.3) is 0 Å². The number of carboxylic acids is 1. The molecule has 0 aliphatic carbocycles. The molecule has 0 aromatic heterocycles. The molecule has 2 unspecified atom stereocenters. The zero-order valence-electron chi connectivity index (χ0n) is 57.1. The van der Waals surface area contributed by atoms with Crippen molar-refractivity contribution in [1.29, 1.82) is 0 Å². The third kappa shape index (κ3) is 61.2. The Morgan fingerprint density at radius 2 is 0.718 bits per heavy atom. The SMILES string of the molecule is CCCCCCCCCCCCC(CCCCCCCCCC)CCC(C)(C)OC(=O)NCCN(CCC(=O)NCCCCCC(=O)O)CCC(=O)NCCCCCC(=O)OCC(CCCCCCCCCC)CCCCCCCCCCCC. The third-order valence-corrected chi connectivity index (χ3v) is 17.6. The molecule has 0 radical (unpaired) electrons. The first-order chi connectivity index (χ1) is 41.3. The minimum atomic E-state index is -0.807. The van der Waals surface area contributed by atoms with Crippen molar-refractivity contribution in [3.8, 4) is 0 Å². The van der Waals surface area contributed by atoms with Crippen molar-refractivity contribution in [2.24, 2.45) is 11.8 Å². The monoisotopic (exact) mass is 1200 g/mol. The number of rotatable bonds is 67. The second kappa shape index (κ2) is 62.7. The Bertz CT molecular complexity index is 1510. The van der Waals surface area contributed by atoms with Crippen LogP contribution in [0.25, 0.3) is 0 Å². The number of hydrogen-bond donors (Lipinski definition) is 4. The van der Waals surface area contributed by atoms with Gasteiger partial charge in [0, 0.05) is 65.0 Å². The van der Waals surface area contributed by atoms with Gasteiger partial charge in [-0.3, -0.25) is 19.2 Å². The van der Waals surface area contributed by atoms with Crippen molar-refractivity contribution >= 4 is 29.8 Å². The molecule has 0 saturated heterocycles. The number of esters is 1. The Kier molecular flexibility index (Phi) is 60.6. The molecule has 0 aliphatic rings. The van der Waals surface area contributed by atoms with E-state index < -0.39 is 17.7 Å². The maximum absolute atomic E-state index is 13.3. The highest BCUT2D eigenvalue weighted by molar-refractivity contribution is 5.76. The molecule has 0 rings (SSSR count). The van der Waals surface area contributed by atoms with Crippen LogP contribution in [0.15, 0.2) is 0 Å². The number of aliphatic carboxylic acids is 1. The topological polar surface area (TPSA) is 163 Å². The summed E-state index contributed by atoms with van der Waals surface area (Å²) < 4.78 is 12.0. The molecule has 502 valence electrons. The van der Waals surface area contributed by atoms with E-state index in [1.165, 1.54) is 244 Å². The molecule has 0 aliphatic heterocycles. The molecular formula is C73H142N4O8. The number of hydrogen-bond acceptors (Lipinski definition) is 8. The molecular weight excluding hydrogens is 1060 g/mol. The maximum atomic E-state index is 13.3. The fourth-order valence-electron chi connectivity index (χ4n) is 11.8. The first-order valence-corrected chi connectivity index (χ1v) is 37.0. The summed E-state index contributed by atoms with van der Waals surface area (Å²) in [5, 5.41) is 17.9. The number of carboxylic acid groups (broad SMARTS) is 1. The summed E-state index contributed by atoms with van der Waals surface area (Å²) in [6.07, 6.45) is 59.6. The zero-order chi connectivity index (χ0) is 62.4. The summed E-state index contributed by atoms with van der Waals surface area (Å²) in [6.45, 7) is 16.4. The van der Waals surface area contributed by atoms with E-state index in [1.807, 2.05) is 18.7 Å². The van der Waals surface area contributed by atoms with Gasteiger partial charge in [0.05, 0.1) is 6.61 Å². The van der Waals surface area contributed by atoms with Crippen molar-refractivity contribution in [2.45, 2.75) is 381 Å². The average molecular weight is 1200 g/mol. The highest BCUT2D eigenvalue weighted by Crippen LogP contribution is 2.29. The van der Waals surface area contributed by atoms with Gasteiger partial charge in [0.15, 0.2) is 0 Å². The number of nitrogens with one attached hydrogen (secondary N) is 3. The average Bonchev–Trinajstić information content (AvgIpc) is 3.57. The lowest BCUT2D eigenvalue weighted by Gasteiger charge is -2.28. The van der Waals surface area contributed by atoms with Crippen LogP contribution in [0, 0.1) is 11.8 Å².